The zero-order valence-electron chi connectivity index (χ0n) is 10.7. The molecule has 0 aromatic carbocycles. The molecule has 0 atom stereocenters. The van der Waals surface area contributed by atoms with Crippen LogP contribution >= 0.6 is 12.2 Å². The largest absolute Gasteiger partial charge is 0.386 e. The van der Waals surface area contributed by atoms with Gasteiger partial charge < -0.3 is 16.0 Å². The number of pyridine rings is 1. The van der Waals surface area contributed by atoms with Gasteiger partial charge in [0.15, 0.2) is 5.11 Å². The lowest BCUT2D eigenvalue weighted by atomic mass is 9.96. The third kappa shape index (κ3) is 3.57. The number of hydrogen-bond acceptors (Lipinski definition) is 3. The zero-order chi connectivity index (χ0) is 12.8. The lowest BCUT2D eigenvalue weighted by molar-refractivity contribution is 0.415. The van der Waals surface area contributed by atoms with Gasteiger partial charge in [0.05, 0.1) is 17.6 Å². The Labute approximate surface area is 114 Å². The van der Waals surface area contributed by atoms with Gasteiger partial charge in [-0.1, -0.05) is 19.3 Å². The minimum absolute atomic E-state index is 0.522. The average Bonchev–Trinajstić information content (AvgIpc) is 2.40. The lowest BCUT2D eigenvalue weighted by Gasteiger charge is -2.24. The molecule has 1 fully saturated rings. The Balaban J connectivity index is 1.90. The quantitative estimate of drug-likeness (QED) is 0.733. The molecule has 1 aliphatic carbocycles. The van der Waals surface area contributed by atoms with Crippen LogP contribution in [0.3, 0.4) is 0 Å². The summed E-state index contributed by atoms with van der Waals surface area (Å²) < 4.78 is 0. The van der Waals surface area contributed by atoms with Gasteiger partial charge in [-0.3, -0.25) is 4.98 Å². The molecule has 0 bridgehead atoms. The Kier molecular flexibility index (Phi) is 4.75. The molecule has 1 aromatic heterocycles. The molecule has 1 aliphatic rings. The van der Waals surface area contributed by atoms with E-state index in [1.165, 1.54) is 32.1 Å². The Hall–Kier alpha value is -1.36. The number of thiocarbonyl (C=S) groups is 1. The van der Waals surface area contributed by atoms with Crippen molar-refractivity contribution >= 4 is 28.7 Å². The SMILES string of the molecule is CNc1ccncc1NC(=S)NC1CCCCC1. The Morgan fingerprint density at radius 1 is 1.28 bits per heavy atom. The number of nitrogens with one attached hydrogen (secondary N) is 3. The van der Waals surface area contributed by atoms with Gasteiger partial charge in [0, 0.05) is 19.3 Å². The summed E-state index contributed by atoms with van der Waals surface area (Å²) in [6, 6.07) is 2.44. The maximum atomic E-state index is 5.35. The molecule has 0 radical (unpaired) electrons. The van der Waals surface area contributed by atoms with E-state index < -0.39 is 0 Å². The molecule has 3 N–H and O–H groups in total. The smallest absolute Gasteiger partial charge is 0.171 e. The van der Waals surface area contributed by atoms with Crippen molar-refractivity contribution < 1.29 is 0 Å². The van der Waals surface area contributed by atoms with Gasteiger partial charge in [-0.2, -0.15) is 0 Å². The fraction of sp³-hybridized carbons (Fsp3) is 0.538. The highest BCUT2D eigenvalue weighted by atomic mass is 32.1. The Bertz CT molecular complexity index is 402. The fourth-order valence-electron chi connectivity index (χ4n) is 2.30. The minimum Gasteiger partial charge on any atom is -0.386 e. The zero-order valence-corrected chi connectivity index (χ0v) is 11.5. The van der Waals surface area contributed by atoms with Crippen molar-refractivity contribution in [1.29, 1.82) is 0 Å². The molecule has 1 heterocycles. The maximum absolute atomic E-state index is 5.35. The van der Waals surface area contributed by atoms with Crippen LogP contribution < -0.4 is 16.0 Å². The second kappa shape index (κ2) is 6.54. The molecule has 0 aliphatic heterocycles. The van der Waals surface area contributed by atoms with Crippen LogP contribution in [0.1, 0.15) is 32.1 Å². The van der Waals surface area contributed by atoms with Crippen LogP contribution in [-0.4, -0.2) is 23.2 Å². The van der Waals surface area contributed by atoms with Crippen LogP contribution in [0, 0.1) is 0 Å². The van der Waals surface area contributed by atoms with E-state index in [0.717, 1.165) is 11.4 Å². The van der Waals surface area contributed by atoms with Crippen LogP contribution in [0.2, 0.25) is 0 Å². The van der Waals surface area contributed by atoms with E-state index in [4.69, 9.17) is 12.2 Å². The van der Waals surface area contributed by atoms with Gasteiger partial charge in [0.2, 0.25) is 0 Å². The highest BCUT2D eigenvalue weighted by molar-refractivity contribution is 7.80. The summed E-state index contributed by atoms with van der Waals surface area (Å²) in [5.41, 5.74) is 1.91. The standard InChI is InChI=1S/C13H20N4S/c1-14-11-7-8-15-9-12(11)17-13(18)16-10-5-3-2-4-6-10/h7-10H,2-6H2,1H3,(H,14,15)(H2,16,17,18). The number of rotatable bonds is 3. The molecule has 4 nitrogen and oxygen atoms in total. The van der Waals surface area contributed by atoms with Gasteiger partial charge in [0.1, 0.15) is 0 Å². The van der Waals surface area contributed by atoms with Crippen molar-refractivity contribution in [3.8, 4) is 0 Å². The molecule has 18 heavy (non-hydrogen) atoms. The van der Waals surface area contributed by atoms with Crippen molar-refractivity contribution in [2.45, 2.75) is 38.1 Å². The van der Waals surface area contributed by atoms with Crippen LogP contribution in [0.5, 0.6) is 0 Å². The average molecular weight is 264 g/mol. The second-order valence-electron chi connectivity index (χ2n) is 4.60. The number of hydrogen-bond donors (Lipinski definition) is 3. The molecule has 1 aromatic rings. The highest BCUT2D eigenvalue weighted by Gasteiger charge is 2.14. The summed E-state index contributed by atoms with van der Waals surface area (Å²) in [4.78, 5) is 4.10. The normalized spacial score (nSPS) is 16.1. The summed E-state index contributed by atoms with van der Waals surface area (Å²) in [5, 5.41) is 10.4. The second-order valence-corrected chi connectivity index (χ2v) is 5.01. The molecule has 5 heteroatoms. The Morgan fingerprint density at radius 3 is 2.78 bits per heavy atom. The van der Waals surface area contributed by atoms with E-state index in [9.17, 15) is 0 Å². The first-order valence-electron chi connectivity index (χ1n) is 6.49. The first-order chi connectivity index (χ1) is 8.79. The summed E-state index contributed by atoms with van der Waals surface area (Å²) in [7, 11) is 1.89. The molecule has 0 spiro atoms. The van der Waals surface area contributed by atoms with E-state index in [0.29, 0.717) is 11.2 Å². The predicted octanol–water partition coefficient (Wildman–Crippen LogP) is 2.74. The molecule has 0 unspecified atom stereocenters. The predicted molar refractivity (Wildman–Crippen MR) is 80.0 cm³/mol. The summed E-state index contributed by atoms with van der Waals surface area (Å²) in [6.07, 6.45) is 9.92. The fourth-order valence-corrected chi connectivity index (χ4v) is 2.58. The maximum Gasteiger partial charge on any atom is 0.171 e. The van der Waals surface area contributed by atoms with Crippen LogP contribution in [-0.2, 0) is 0 Å². The molecule has 98 valence electrons. The van der Waals surface area contributed by atoms with Crippen molar-refractivity contribution in [3.63, 3.8) is 0 Å². The third-order valence-corrected chi connectivity index (χ3v) is 3.50. The van der Waals surface area contributed by atoms with Crippen molar-refractivity contribution in [3.05, 3.63) is 18.5 Å². The number of aromatic nitrogens is 1. The van der Waals surface area contributed by atoms with Crippen LogP contribution in [0.4, 0.5) is 11.4 Å². The van der Waals surface area contributed by atoms with Gasteiger partial charge in [-0.25, -0.2) is 0 Å². The molecule has 0 amide bonds. The highest BCUT2D eigenvalue weighted by Crippen LogP contribution is 2.20. The summed E-state index contributed by atoms with van der Waals surface area (Å²) in [6.45, 7) is 0. The van der Waals surface area contributed by atoms with Gasteiger partial charge >= 0.3 is 0 Å². The first-order valence-corrected chi connectivity index (χ1v) is 6.89. The van der Waals surface area contributed by atoms with Crippen LogP contribution in [0.15, 0.2) is 18.5 Å². The summed E-state index contributed by atoms with van der Waals surface area (Å²) >= 11 is 5.35. The summed E-state index contributed by atoms with van der Waals surface area (Å²) in [5.74, 6) is 0. The van der Waals surface area contributed by atoms with Crippen molar-refractivity contribution in [2.75, 3.05) is 17.7 Å². The first kappa shape index (κ1) is 13.1. The van der Waals surface area contributed by atoms with E-state index in [1.807, 2.05) is 13.1 Å². The number of nitrogens with zero attached hydrogens (tertiary/aromatic N) is 1. The minimum atomic E-state index is 0.522. The lowest BCUT2D eigenvalue weighted by Crippen LogP contribution is -2.38. The topological polar surface area (TPSA) is 49.0 Å². The van der Waals surface area contributed by atoms with E-state index in [-0.39, 0.29) is 0 Å². The molecule has 2 rings (SSSR count). The van der Waals surface area contributed by atoms with Gasteiger partial charge in [-0.15, -0.1) is 0 Å². The molecule has 1 saturated carbocycles. The van der Waals surface area contributed by atoms with Gasteiger partial charge in [0.25, 0.3) is 0 Å². The molecular formula is C13H20N4S. The van der Waals surface area contributed by atoms with Crippen molar-refractivity contribution in [2.24, 2.45) is 0 Å². The van der Waals surface area contributed by atoms with E-state index in [2.05, 4.69) is 20.9 Å². The monoisotopic (exact) mass is 264 g/mol. The van der Waals surface area contributed by atoms with Crippen LogP contribution in [0.25, 0.3) is 0 Å². The molecular weight excluding hydrogens is 244 g/mol. The van der Waals surface area contributed by atoms with Crippen molar-refractivity contribution in [1.82, 2.24) is 10.3 Å². The molecule has 0 saturated heterocycles. The van der Waals surface area contributed by atoms with E-state index in [1.54, 1.807) is 12.4 Å². The Morgan fingerprint density at radius 2 is 2.06 bits per heavy atom. The third-order valence-electron chi connectivity index (χ3n) is 3.28. The van der Waals surface area contributed by atoms with Gasteiger partial charge in [-0.05, 0) is 31.1 Å². The number of anilines is 2. The van der Waals surface area contributed by atoms with E-state index >= 15 is 0 Å².